The zero-order chi connectivity index (χ0) is 10.1. The van der Waals surface area contributed by atoms with Gasteiger partial charge in [-0.15, -0.1) is 0 Å². The van der Waals surface area contributed by atoms with Crippen molar-refractivity contribution in [1.29, 1.82) is 0 Å². The van der Waals surface area contributed by atoms with E-state index in [1.165, 1.54) is 12.1 Å². The summed E-state index contributed by atoms with van der Waals surface area (Å²) in [4.78, 5) is 0. The van der Waals surface area contributed by atoms with Crippen LogP contribution in [0.2, 0.25) is 0 Å². The molecule has 0 bridgehead atoms. The first kappa shape index (κ1) is 10.8. The number of hydrogen-bond donors (Lipinski definition) is 0. The summed E-state index contributed by atoms with van der Waals surface area (Å²) < 4.78 is 37.6. The number of rotatable bonds is 1. The molecule has 0 aliphatic carbocycles. The van der Waals surface area contributed by atoms with Gasteiger partial charge in [0.25, 0.3) is 0 Å². The van der Waals surface area contributed by atoms with Crippen LogP contribution < -0.4 is 0 Å². The Morgan fingerprint density at radius 3 is 2.38 bits per heavy atom. The minimum Gasteiger partial charge on any atom is -0.166 e. The van der Waals surface area contributed by atoms with E-state index in [0.29, 0.717) is 15.6 Å². The first-order valence-electron chi connectivity index (χ1n) is 3.68. The normalized spacial score (nSPS) is 11.8. The van der Waals surface area contributed by atoms with Gasteiger partial charge in [-0.1, -0.05) is 40.3 Å². The fourth-order valence-corrected chi connectivity index (χ4v) is 1.74. The Hall–Kier alpha value is -0.260. The molecule has 1 aromatic carbocycles. The van der Waals surface area contributed by atoms with Crippen molar-refractivity contribution in [2.75, 3.05) is 0 Å². The van der Waals surface area contributed by atoms with E-state index in [9.17, 15) is 13.2 Å². The molecule has 0 saturated carbocycles. The maximum absolute atomic E-state index is 12.4. The third-order valence-corrected chi connectivity index (χ3v) is 2.54. The van der Waals surface area contributed by atoms with E-state index in [2.05, 4.69) is 0 Å². The van der Waals surface area contributed by atoms with E-state index in [4.69, 9.17) is 0 Å². The molecule has 0 aromatic heterocycles. The largest absolute Gasteiger partial charge is 0.416 e. The van der Waals surface area contributed by atoms with Gasteiger partial charge in [-0.2, -0.15) is 13.2 Å². The Labute approximate surface area is 88.3 Å². The minimum absolute atomic E-state index is 0.346. The van der Waals surface area contributed by atoms with Gasteiger partial charge in [-0.25, -0.2) is 0 Å². The Morgan fingerprint density at radius 1 is 1.31 bits per heavy atom. The molecule has 0 atom stereocenters. The van der Waals surface area contributed by atoms with Crippen LogP contribution in [0.4, 0.5) is 13.2 Å². The van der Waals surface area contributed by atoms with Crippen molar-refractivity contribution in [3.05, 3.63) is 34.9 Å². The van der Waals surface area contributed by atoms with Gasteiger partial charge in [0.05, 0.1) is 5.56 Å². The van der Waals surface area contributed by atoms with E-state index in [0.717, 1.165) is 0 Å². The molecule has 0 spiro atoms. The molecule has 0 heterocycles. The topological polar surface area (TPSA) is 0 Å². The SMILES string of the molecule is Cc1ccc(CI)c(C(F)(F)F)c1. The summed E-state index contributed by atoms with van der Waals surface area (Å²) in [5.41, 5.74) is 0.474. The number of aryl methyl sites for hydroxylation is 1. The van der Waals surface area contributed by atoms with Gasteiger partial charge in [0.15, 0.2) is 0 Å². The van der Waals surface area contributed by atoms with Crippen LogP contribution in [0.5, 0.6) is 0 Å². The van der Waals surface area contributed by atoms with Crippen LogP contribution in [0.25, 0.3) is 0 Å². The van der Waals surface area contributed by atoms with E-state index in [1.54, 1.807) is 13.0 Å². The smallest absolute Gasteiger partial charge is 0.166 e. The molecule has 1 aromatic rings. The second-order valence-electron chi connectivity index (χ2n) is 2.79. The number of halogens is 4. The van der Waals surface area contributed by atoms with Crippen LogP contribution in [0.1, 0.15) is 16.7 Å². The van der Waals surface area contributed by atoms with Crippen molar-refractivity contribution in [3.63, 3.8) is 0 Å². The quantitative estimate of drug-likeness (QED) is 0.544. The van der Waals surface area contributed by atoms with Crippen LogP contribution in [0.15, 0.2) is 18.2 Å². The Kier molecular flexibility index (Phi) is 3.21. The second kappa shape index (κ2) is 3.86. The molecular weight excluding hydrogens is 292 g/mol. The molecule has 72 valence electrons. The van der Waals surface area contributed by atoms with E-state index in [-0.39, 0.29) is 0 Å². The van der Waals surface area contributed by atoms with E-state index >= 15 is 0 Å². The molecule has 0 aliphatic rings. The molecule has 13 heavy (non-hydrogen) atoms. The Bertz CT molecular complexity index is 304. The highest BCUT2D eigenvalue weighted by Gasteiger charge is 2.32. The summed E-state index contributed by atoms with van der Waals surface area (Å²) in [5.74, 6) is 0. The van der Waals surface area contributed by atoms with Crippen molar-refractivity contribution >= 4 is 22.6 Å². The molecule has 0 radical (unpaired) electrons. The molecule has 4 heteroatoms. The first-order valence-corrected chi connectivity index (χ1v) is 5.20. The summed E-state index contributed by atoms with van der Waals surface area (Å²) in [6.45, 7) is 1.66. The van der Waals surface area contributed by atoms with Crippen molar-refractivity contribution in [2.24, 2.45) is 0 Å². The van der Waals surface area contributed by atoms with Gasteiger partial charge in [0.1, 0.15) is 0 Å². The molecule has 0 nitrogen and oxygen atoms in total. The van der Waals surface area contributed by atoms with Gasteiger partial charge in [0, 0.05) is 4.43 Å². The maximum atomic E-state index is 12.4. The van der Waals surface area contributed by atoms with Crippen molar-refractivity contribution in [1.82, 2.24) is 0 Å². The molecule has 0 aliphatic heterocycles. The van der Waals surface area contributed by atoms with Crippen LogP contribution in [0, 0.1) is 6.92 Å². The van der Waals surface area contributed by atoms with Gasteiger partial charge < -0.3 is 0 Å². The molecule has 0 unspecified atom stereocenters. The summed E-state index contributed by atoms with van der Waals surface area (Å²) >= 11 is 1.93. The predicted molar refractivity (Wildman–Crippen MR) is 53.9 cm³/mol. The maximum Gasteiger partial charge on any atom is 0.416 e. The van der Waals surface area contributed by atoms with Crippen molar-refractivity contribution in [2.45, 2.75) is 17.5 Å². The average molecular weight is 300 g/mol. The predicted octanol–water partition coefficient (Wildman–Crippen LogP) is 3.95. The van der Waals surface area contributed by atoms with Crippen LogP contribution in [0.3, 0.4) is 0 Å². The lowest BCUT2D eigenvalue weighted by molar-refractivity contribution is -0.138. The average Bonchev–Trinajstić information content (AvgIpc) is 2.03. The van der Waals surface area contributed by atoms with Crippen LogP contribution in [-0.4, -0.2) is 0 Å². The molecule has 0 fully saturated rings. The third-order valence-electron chi connectivity index (χ3n) is 1.71. The summed E-state index contributed by atoms with van der Waals surface area (Å²) in [6.07, 6.45) is -4.23. The highest BCUT2D eigenvalue weighted by molar-refractivity contribution is 14.1. The standard InChI is InChI=1S/C9H8F3I/c1-6-2-3-7(5-13)8(4-6)9(10,11)12/h2-4H,5H2,1H3. The van der Waals surface area contributed by atoms with Crippen LogP contribution in [-0.2, 0) is 10.6 Å². The Morgan fingerprint density at radius 2 is 1.92 bits per heavy atom. The summed E-state index contributed by atoms with van der Waals surface area (Å²) in [6, 6.07) is 4.42. The molecule has 0 saturated heterocycles. The highest BCUT2D eigenvalue weighted by atomic mass is 127. The lowest BCUT2D eigenvalue weighted by atomic mass is 10.1. The first-order chi connectivity index (χ1) is 5.95. The van der Waals surface area contributed by atoms with Gasteiger partial charge in [-0.05, 0) is 18.6 Å². The fourth-order valence-electron chi connectivity index (χ4n) is 1.07. The molecule has 0 amide bonds. The number of benzene rings is 1. The monoisotopic (exact) mass is 300 g/mol. The van der Waals surface area contributed by atoms with Crippen LogP contribution >= 0.6 is 22.6 Å². The summed E-state index contributed by atoms with van der Waals surface area (Å²) in [5, 5.41) is 0. The fraction of sp³-hybridized carbons (Fsp3) is 0.333. The van der Waals surface area contributed by atoms with Gasteiger partial charge >= 0.3 is 6.18 Å². The highest BCUT2D eigenvalue weighted by Crippen LogP contribution is 2.33. The number of hydrogen-bond acceptors (Lipinski definition) is 0. The molecular formula is C9H8F3I. The van der Waals surface area contributed by atoms with Gasteiger partial charge in [-0.3, -0.25) is 0 Å². The second-order valence-corrected chi connectivity index (χ2v) is 3.55. The van der Waals surface area contributed by atoms with Crippen molar-refractivity contribution in [3.8, 4) is 0 Å². The van der Waals surface area contributed by atoms with E-state index in [1.807, 2.05) is 22.6 Å². The van der Waals surface area contributed by atoms with E-state index < -0.39 is 11.7 Å². The lowest BCUT2D eigenvalue weighted by Gasteiger charge is -2.11. The zero-order valence-corrected chi connectivity index (χ0v) is 9.11. The minimum atomic E-state index is -4.23. The Balaban J connectivity index is 3.24. The lowest BCUT2D eigenvalue weighted by Crippen LogP contribution is -2.08. The third kappa shape index (κ3) is 2.59. The van der Waals surface area contributed by atoms with Gasteiger partial charge in [0.2, 0.25) is 0 Å². The zero-order valence-electron chi connectivity index (χ0n) is 6.95. The summed E-state index contributed by atoms with van der Waals surface area (Å²) in [7, 11) is 0. The van der Waals surface area contributed by atoms with Crippen molar-refractivity contribution < 1.29 is 13.2 Å². The molecule has 1 rings (SSSR count). The number of alkyl halides is 4. The molecule has 0 N–H and O–H groups in total.